The first-order valence-electron chi connectivity index (χ1n) is 10.5. The topological polar surface area (TPSA) is 77.2 Å². The maximum Gasteiger partial charge on any atom is 0.236 e. The molecule has 31 heavy (non-hydrogen) atoms. The van der Waals surface area contributed by atoms with Crippen LogP contribution < -0.4 is 10.1 Å². The number of nitrogens with one attached hydrogen (secondary N) is 1. The Hall–Kier alpha value is -2.80. The van der Waals surface area contributed by atoms with Gasteiger partial charge >= 0.3 is 0 Å². The van der Waals surface area contributed by atoms with Crippen molar-refractivity contribution in [3.63, 3.8) is 0 Å². The molecule has 0 aliphatic heterocycles. The van der Waals surface area contributed by atoms with Gasteiger partial charge in [0.2, 0.25) is 17.6 Å². The third-order valence-corrected chi connectivity index (χ3v) is 5.78. The van der Waals surface area contributed by atoms with Gasteiger partial charge in [-0.05, 0) is 63.1 Å². The van der Waals surface area contributed by atoms with E-state index < -0.39 is 0 Å². The lowest BCUT2D eigenvalue weighted by atomic mass is 10.0. The molecule has 1 heterocycles. The van der Waals surface area contributed by atoms with Gasteiger partial charge in [-0.1, -0.05) is 35.0 Å². The lowest BCUT2D eigenvalue weighted by molar-refractivity contribution is -0.116. The highest BCUT2D eigenvalue weighted by atomic mass is 32.2. The van der Waals surface area contributed by atoms with Crippen LogP contribution in [0.25, 0.3) is 11.4 Å². The zero-order valence-corrected chi connectivity index (χ0v) is 19.3. The first-order valence-corrected chi connectivity index (χ1v) is 11.6. The fourth-order valence-corrected chi connectivity index (χ4v) is 4.21. The van der Waals surface area contributed by atoms with Crippen molar-refractivity contribution in [1.82, 2.24) is 10.1 Å². The number of carbonyl (C=O) groups is 1. The lowest BCUT2D eigenvalue weighted by Gasteiger charge is -2.12. The summed E-state index contributed by atoms with van der Waals surface area (Å²) in [6.45, 7) is 8.63. The minimum atomic E-state index is 0.0447. The van der Waals surface area contributed by atoms with E-state index in [2.05, 4.69) is 34.5 Å². The van der Waals surface area contributed by atoms with Gasteiger partial charge in [-0.15, -0.1) is 0 Å². The molecule has 0 bridgehead atoms. The minimum Gasteiger partial charge on any atom is -0.493 e. The van der Waals surface area contributed by atoms with Crippen LogP contribution in [0.15, 0.2) is 40.9 Å². The third kappa shape index (κ3) is 6.34. The van der Waals surface area contributed by atoms with Crippen LogP contribution in [0.4, 0.5) is 5.69 Å². The predicted molar refractivity (Wildman–Crippen MR) is 126 cm³/mol. The van der Waals surface area contributed by atoms with Gasteiger partial charge in [0.25, 0.3) is 0 Å². The van der Waals surface area contributed by atoms with E-state index in [-0.39, 0.29) is 5.91 Å². The van der Waals surface area contributed by atoms with Crippen molar-refractivity contribution in [3.05, 3.63) is 59.0 Å². The molecule has 0 aliphatic rings. The number of aryl methyl sites for hydroxylation is 3. The van der Waals surface area contributed by atoms with E-state index in [1.54, 1.807) is 11.8 Å². The summed E-state index contributed by atoms with van der Waals surface area (Å²) in [6, 6.07) is 11.8. The molecule has 164 valence electrons. The quantitative estimate of drug-likeness (QED) is 0.408. The van der Waals surface area contributed by atoms with Gasteiger partial charge in [0.15, 0.2) is 0 Å². The van der Waals surface area contributed by atoms with E-state index in [1.807, 2.05) is 45.0 Å². The van der Waals surface area contributed by atoms with Crippen molar-refractivity contribution < 1.29 is 14.1 Å². The Labute approximate surface area is 187 Å². The Balaban J connectivity index is 1.43. The fourth-order valence-electron chi connectivity index (χ4n) is 3.43. The number of aromatic nitrogens is 2. The van der Waals surface area contributed by atoms with Gasteiger partial charge in [0.05, 0.1) is 17.9 Å². The fraction of sp³-hybridized carbons (Fsp3) is 0.375. The number of hydrogen-bond donors (Lipinski definition) is 1. The molecule has 1 N–H and O–H groups in total. The second-order valence-electron chi connectivity index (χ2n) is 7.42. The summed E-state index contributed by atoms with van der Waals surface area (Å²) in [4.78, 5) is 16.8. The van der Waals surface area contributed by atoms with Crippen molar-refractivity contribution in [3.8, 4) is 17.1 Å². The molecule has 3 aromatic rings. The normalized spacial score (nSPS) is 10.8. The molecule has 1 aromatic heterocycles. The molecule has 0 aliphatic carbocycles. The Kier molecular flexibility index (Phi) is 8.12. The summed E-state index contributed by atoms with van der Waals surface area (Å²) in [6.07, 6.45) is 1.27. The van der Waals surface area contributed by atoms with Crippen molar-refractivity contribution in [1.29, 1.82) is 0 Å². The Morgan fingerprint density at radius 1 is 1.16 bits per heavy atom. The number of amides is 1. The lowest BCUT2D eigenvalue weighted by Crippen LogP contribution is -2.13. The van der Waals surface area contributed by atoms with Crippen molar-refractivity contribution in [2.75, 3.05) is 17.7 Å². The first kappa shape index (κ1) is 22.9. The van der Waals surface area contributed by atoms with Crippen molar-refractivity contribution in [2.24, 2.45) is 0 Å². The van der Waals surface area contributed by atoms with Crippen molar-refractivity contribution in [2.45, 2.75) is 46.3 Å². The number of thioether (sulfide) groups is 1. The van der Waals surface area contributed by atoms with Crippen LogP contribution in [-0.2, 0) is 10.5 Å². The number of rotatable bonds is 10. The molecule has 0 fully saturated rings. The second kappa shape index (κ2) is 11.0. The van der Waals surface area contributed by atoms with E-state index in [0.29, 0.717) is 30.5 Å². The standard InChI is InChI=1S/C24H29N3O3S/c1-5-29-20-10-7-6-9-19(20)24-26-22(30-27-24)15-31-12-8-11-21(28)25-23-17(3)13-16(2)14-18(23)4/h6-7,9-10,13-14H,5,8,11-12,15H2,1-4H3,(H,25,28). The number of carbonyl (C=O) groups excluding carboxylic acids is 1. The molecular formula is C24H29N3O3S. The monoisotopic (exact) mass is 439 g/mol. The van der Waals surface area contributed by atoms with Gasteiger partial charge in [-0.2, -0.15) is 16.7 Å². The molecule has 0 unspecified atom stereocenters. The molecule has 6 nitrogen and oxygen atoms in total. The van der Waals surface area contributed by atoms with Crippen LogP contribution in [0.5, 0.6) is 5.75 Å². The molecule has 1 amide bonds. The van der Waals surface area contributed by atoms with E-state index in [1.165, 1.54) is 5.56 Å². The summed E-state index contributed by atoms with van der Waals surface area (Å²) >= 11 is 1.68. The Morgan fingerprint density at radius 3 is 2.65 bits per heavy atom. The number of hydrogen-bond acceptors (Lipinski definition) is 6. The maximum atomic E-state index is 12.3. The second-order valence-corrected chi connectivity index (χ2v) is 8.52. The summed E-state index contributed by atoms with van der Waals surface area (Å²) in [5.41, 5.74) is 5.14. The summed E-state index contributed by atoms with van der Waals surface area (Å²) in [7, 11) is 0. The van der Waals surface area contributed by atoms with E-state index in [4.69, 9.17) is 9.26 Å². The van der Waals surface area contributed by atoms with E-state index in [9.17, 15) is 4.79 Å². The number of benzene rings is 2. The van der Waals surface area contributed by atoms with Crippen LogP contribution in [0.1, 0.15) is 42.3 Å². The molecule has 0 radical (unpaired) electrons. The molecular weight excluding hydrogens is 410 g/mol. The number of ether oxygens (including phenoxy) is 1. The van der Waals surface area contributed by atoms with Gasteiger partial charge < -0.3 is 14.6 Å². The third-order valence-electron chi connectivity index (χ3n) is 4.76. The van der Waals surface area contributed by atoms with Gasteiger partial charge in [-0.3, -0.25) is 4.79 Å². The van der Waals surface area contributed by atoms with Crippen molar-refractivity contribution >= 4 is 23.4 Å². The largest absolute Gasteiger partial charge is 0.493 e. The summed E-state index contributed by atoms with van der Waals surface area (Å²) in [5.74, 6) is 3.34. The molecule has 0 atom stereocenters. The van der Waals surface area contributed by atoms with Gasteiger partial charge in [0.1, 0.15) is 5.75 Å². The molecule has 3 rings (SSSR count). The zero-order chi connectivity index (χ0) is 22.2. The molecule has 0 saturated carbocycles. The first-order chi connectivity index (χ1) is 15.0. The molecule has 0 saturated heterocycles. The van der Waals surface area contributed by atoms with Gasteiger partial charge in [-0.25, -0.2) is 0 Å². The average molecular weight is 440 g/mol. The summed E-state index contributed by atoms with van der Waals surface area (Å²) in [5, 5.41) is 7.13. The molecule has 2 aromatic carbocycles. The Morgan fingerprint density at radius 2 is 1.90 bits per heavy atom. The van der Waals surface area contributed by atoms with Crippen LogP contribution in [0.3, 0.4) is 0 Å². The minimum absolute atomic E-state index is 0.0447. The highest BCUT2D eigenvalue weighted by Crippen LogP contribution is 2.28. The summed E-state index contributed by atoms with van der Waals surface area (Å²) < 4.78 is 11.0. The predicted octanol–water partition coefficient (Wildman–Crippen LogP) is 5.71. The smallest absolute Gasteiger partial charge is 0.236 e. The highest BCUT2D eigenvalue weighted by Gasteiger charge is 2.13. The molecule has 7 heteroatoms. The van der Waals surface area contributed by atoms with E-state index in [0.717, 1.165) is 40.3 Å². The van der Waals surface area contributed by atoms with Crippen LogP contribution in [-0.4, -0.2) is 28.4 Å². The number of anilines is 1. The van der Waals surface area contributed by atoms with E-state index >= 15 is 0 Å². The van der Waals surface area contributed by atoms with Crippen LogP contribution >= 0.6 is 11.8 Å². The maximum absolute atomic E-state index is 12.3. The SMILES string of the molecule is CCOc1ccccc1-c1noc(CSCCCC(=O)Nc2c(C)cc(C)cc2C)n1. The average Bonchev–Trinajstić information content (AvgIpc) is 3.20. The number of nitrogens with zero attached hydrogens (tertiary/aromatic N) is 2. The van der Waals surface area contributed by atoms with Crippen LogP contribution in [0.2, 0.25) is 0 Å². The van der Waals surface area contributed by atoms with Crippen LogP contribution in [0, 0.1) is 20.8 Å². The highest BCUT2D eigenvalue weighted by molar-refractivity contribution is 7.98. The molecule has 0 spiro atoms. The zero-order valence-electron chi connectivity index (χ0n) is 18.5. The number of para-hydroxylation sites is 1. The Bertz CT molecular complexity index is 1010. The van der Waals surface area contributed by atoms with Gasteiger partial charge in [0, 0.05) is 12.1 Å².